The van der Waals surface area contributed by atoms with Gasteiger partial charge in [0.05, 0.1) is 24.7 Å². The van der Waals surface area contributed by atoms with Gasteiger partial charge in [-0.25, -0.2) is 8.42 Å². The van der Waals surface area contributed by atoms with Gasteiger partial charge in [-0.05, 0) is 79.8 Å². The number of carbonyl (C=O) groups excluding carboxylic acids is 1. The second-order valence-corrected chi connectivity index (χ2v) is 11.7. The number of carboxylic acids is 1. The van der Waals surface area contributed by atoms with Crippen molar-refractivity contribution in [3.8, 4) is 11.3 Å². The van der Waals surface area contributed by atoms with Crippen LogP contribution in [0.15, 0.2) is 99.3 Å². The standard InChI is InChI=1S/C31H29NO6S/c1-20(2)32(30(33)22-14-12-21(13-15-22)27-9-6-16-38-27)19-24-7-3-4-10-28(24)39(36,37)29-11-5-8-23-17-25(31(34)35)18-26(23)29/h3-16,20,25H,17-19H2,1-2H3,(H,34,35)/t25-/m0/s1/i19D2. The van der Waals surface area contributed by atoms with E-state index >= 15 is 0 Å². The highest BCUT2D eigenvalue weighted by atomic mass is 32.2. The average Bonchev–Trinajstić information content (AvgIpc) is 3.63. The topological polar surface area (TPSA) is 105 Å². The van der Waals surface area contributed by atoms with E-state index in [2.05, 4.69) is 0 Å². The molecule has 5 rings (SSSR count). The van der Waals surface area contributed by atoms with Crippen LogP contribution in [0.5, 0.6) is 0 Å². The van der Waals surface area contributed by atoms with Crippen molar-refractivity contribution < 1.29 is 30.3 Å². The Bertz CT molecular complexity index is 1710. The number of benzene rings is 3. The summed E-state index contributed by atoms with van der Waals surface area (Å²) in [6, 6.07) is 20.0. The quantitative estimate of drug-likeness (QED) is 0.308. The molecule has 1 aromatic heterocycles. The Balaban J connectivity index is 1.55. The Morgan fingerprint density at radius 2 is 1.69 bits per heavy atom. The summed E-state index contributed by atoms with van der Waals surface area (Å²) in [5.41, 5.74) is 1.89. The summed E-state index contributed by atoms with van der Waals surface area (Å²) < 4.78 is 51.8. The second kappa shape index (κ2) is 10.5. The van der Waals surface area contributed by atoms with E-state index in [4.69, 9.17) is 7.16 Å². The molecule has 8 heteroatoms. The van der Waals surface area contributed by atoms with Crippen molar-refractivity contribution in [3.05, 3.63) is 107 Å². The molecule has 0 radical (unpaired) electrons. The van der Waals surface area contributed by atoms with Crippen LogP contribution < -0.4 is 0 Å². The van der Waals surface area contributed by atoms with Crippen LogP contribution in [0.4, 0.5) is 0 Å². The predicted octanol–water partition coefficient (Wildman–Crippen LogP) is 5.63. The van der Waals surface area contributed by atoms with Crippen molar-refractivity contribution in [2.75, 3.05) is 0 Å². The van der Waals surface area contributed by atoms with E-state index < -0.39 is 40.2 Å². The lowest BCUT2D eigenvalue weighted by Gasteiger charge is -2.28. The molecule has 39 heavy (non-hydrogen) atoms. The van der Waals surface area contributed by atoms with Crippen LogP contribution in [-0.4, -0.2) is 36.3 Å². The maximum absolute atomic E-state index is 14.1. The van der Waals surface area contributed by atoms with Gasteiger partial charge in [-0.1, -0.05) is 42.5 Å². The van der Waals surface area contributed by atoms with E-state index in [1.807, 2.05) is 0 Å². The van der Waals surface area contributed by atoms with Crippen LogP contribution in [0.2, 0.25) is 0 Å². The number of rotatable bonds is 8. The molecule has 0 fully saturated rings. The summed E-state index contributed by atoms with van der Waals surface area (Å²) in [7, 11) is -4.29. The van der Waals surface area contributed by atoms with Gasteiger partial charge in [0.15, 0.2) is 0 Å². The first-order valence-corrected chi connectivity index (χ1v) is 14.1. The number of carboxylic acid groups (broad SMARTS) is 1. The summed E-state index contributed by atoms with van der Waals surface area (Å²) in [5, 5.41) is 9.53. The molecule has 1 atom stereocenters. The van der Waals surface area contributed by atoms with E-state index in [9.17, 15) is 23.1 Å². The Morgan fingerprint density at radius 1 is 0.974 bits per heavy atom. The number of furan rings is 1. The molecule has 0 bridgehead atoms. The lowest BCUT2D eigenvalue weighted by atomic mass is 10.1. The zero-order valence-corrected chi connectivity index (χ0v) is 22.3. The maximum Gasteiger partial charge on any atom is 0.307 e. The molecule has 7 nitrogen and oxygen atoms in total. The average molecular weight is 546 g/mol. The maximum atomic E-state index is 14.1. The van der Waals surface area contributed by atoms with Gasteiger partial charge in [0.2, 0.25) is 9.84 Å². The number of fused-ring (bicyclic) bond motifs is 1. The molecule has 1 amide bonds. The minimum Gasteiger partial charge on any atom is -0.481 e. The molecule has 4 aromatic rings. The Hall–Kier alpha value is -4.17. The van der Waals surface area contributed by atoms with Crippen molar-refractivity contribution in [1.82, 2.24) is 4.90 Å². The molecule has 1 aliphatic carbocycles. The van der Waals surface area contributed by atoms with Crippen molar-refractivity contribution in [2.24, 2.45) is 5.92 Å². The number of hydrogen-bond donors (Lipinski definition) is 1. The molecular formula is C31H29NO6S. The van der Waals surface area contributed by atoms with Gasteiger partial charge in [0.25, 0.3) is 5.91 Å². The first-order chi connectivity index (χ1) is 19.4. The molecule has 1 heterocycles. The second-order valence-electron chi connectivity index (χ2n) is 9.77. The lowest BCUT2D eigenvalue weighted by molar-refractivity contribution is -0.141. The van der Waals surface area contributed by atoms with E-state index in [0.717, 1.165) is 10.5 Å². The van der Waals surface area contributed by atoms with Gasteiger partial charge in [-0.3, -0.25) is 9.59 Å². The lowest BCUT2D eigenvalue weighted by Crippen LogP contribution is -2.36. The number of sulfone groups is 1. The minimum atomic E-state index is -4.29. The third-order valence-corrected chi connectivity index (χ3v) is 8.77. The molecule has 0 aliphatic heterocycles. The first kappa shape index (κ1) is 23.9. The largest absolute Gasteiger partial charge is 0.481 e. The van der Waals surface area contributed by atoms with Gasteiger partial charge in [-0.15, -0.1) is 0 Å². The van der Waals surface area contributed by atoms with E-state index in [0.29, 0.717) is 16.9 Å². The van der Waals surface area contributed by atoms with Crippen LogP contribution in [-0.2, 0) is 34.0 Å². The fourth-order valence-corrected chi connectivity index (χ4v) is 6.55. The fraction of sp³-hybridized carbons (Fsp3) is 0.226. The Morgan fingerprint density at radius 3 is 2.36 bits per heavy atom. The minimum absolute atomic E-state index is 0.0436. The molecular weight excluding hydrogens is 514 g/mol. The van der Waals surface area contributed by atoms with E-state index in [1.165, 1.54) is 30.3 Å². The zero-order valence-electron chi connectivity index (χ0n) is 23.5. The normalized spacial score (nSPS) is 15.9. The Labute approximate surface area is 230 Å². The smallest absolute Gasteiger partial charge is 0.307 e. The molecule has 0 saturated heterocycles. The zero-order chi connectivity index (χ0) is 29.5. The van der Waals surface area contributed by atoms with Crippen LogP contribution in [0.1, 0.15) is 43.6 Å². The first-order valence-electron chi connectivity index (χ1n) is 13.6. The highest BCUT2D eigenvalue weighted by Gasteiger charge is 2.34. The van der Waals surface area contributed by atoms with Gasteiger partial charge < -0.3 is 14.4 Å². The van der Waals surface area contributed by atoms with Crippen molar-refractivity contribution >= 4 is 21.7 Å². The van der Waals surface area contributed by atoms with Gasteiger partial charge in [0.1, 0.15) is 5.76 Å². The van der Waals surface area contributed by atoms with Crippen molar-refractivity contribution in [1.29, 1.82) is 0 Å². The number of amides is 1. The summed E-state index contributed by atoms with van der Waals surface area (Å²) >= 11 is 0. The van der Waals surface area contributed by atoms with Crippen LogP contribution in [0, 0.1) is 5.92 Å². The molecule has 1 aliphatic rings. The monoisotopic (exact) mass is 545 g/mol. The van der Waals surface area contributed by atoms with E-state index in [-0.39, 0.29) is 33.8 Å². The van der Waals surface area contributed by atoms with Crippen LogP contribution in [0.3, 0.4) is 0 Å². The van der Waals surface area contributed by atoms with Gasteiger partial charge in [0, 0.05) is 23.7 Å². The Kier molecular flexibility index (Phi) is 6.46. The number of nitrogens with zero attached hydrogens (tertiary/aromatic N) is 1. The molecule has 0 unspecified atom stereocenters. The van der Waals surface area contributed by atoms with Gasteiger partial charge >= 0.3 is 5.97 Å². The SMILES string of the molecule is [2H]C([2H])(c1ccccc1S(=O)(=O)c1cccc2c1C[C@@H](C(=O)O)C2)N(C(=O)c1ccc(-c2ccco2)cc1)C(C)C. The third kappa shape index (κ3) is 5.12. The van der Waals surface area contributed by atoms with Crippen molar-refractivity contribution in [2.45, 2.75) is 49.0 Å². The van der Waals surface area contributed by atoms with Crippen LogP contribution in [0.25, 0.3) is 11.3 Å². The number of carbonyl (C=O) groups is 2. The summed E-state index contributed by atoms with van der Waals surface area (Å²) in [6.07, 6.45) is 1.84. The highest BCUT2D eigenvalue weighted by Crippen LogP contribution is 2.36. The molecule has 1 N–H and O–H groups in total. The predicted molar refractivity (Wildman–Crippen MR) is 146 cm³/mol. The van der Waals surface area contributed by atoms with Crippen LogP contribution >= 0.6 is 0 Å². The van der Waals surface area contributed by atoms with Gasteiger partial charge in [-0.2, -0.15) is 0 Å². The van der Waals surface area contributed by atoms with Crippen molar-refractivity contribution in [3.63, 3.8) is 0 Å². The summed E-state index contributed by atoms with van der Waals surface area (Å²) in [4.78, 5) is 26.1. The van der Waals surface area contributed by atoms with E-state index in [1.54, 1.807) is 68.6 Å². The molecule has 0 spiro atoms. The number of hydrogen-bond acceptors (Lipinski definition) is 5. The third-order valence-electron chi connectivity index (χ3n) is 6.88. The molecule has 0 saturated carbocycles. The molecule has 3 aromatic carbocycles. The number of aliphatic carboxylic acids is 1. The summed E-state index contributed by atoms with van der Waals surface area (Å²) in [5.74, 6) is -1.70. The summed E-state index contributed by atoms with van der Waals surface area (Å²) in [6.45, 7) is 0.816. The highest BCUT2D eigenvalue weighted by molar-refractivity contribution is 7.91. The molecule has 200 valence electrons. The fourth-order valence-electron chi connectivity index (χ4n) is 4.86.